The smallest absolute Gasteiger partial charge is 0.410 e. The number of rotatable bonds is 6. The van der Waals surface area contributed by atoms with E-state index >= 15 is 0 Å². The van der Waals surface area contributed by atoms with Crippen molar-refractivity contribution in [2.75, 3.05) is 19.7 Å². The van der Waals surface area contributed by atoms with E-state index in [0.29, 0.717) is 32.2 Å². The first-order valence-electron chi connectivity index (χ1n) is 13.2. The molecule has 7 nitrogen and oxygen atoms in total. The summed E-state index contributed by atoms with van der Waals surface area (Å²) in [4.78, 5) is 24.0. The number of ether oxygens (including phenoxy) is 2. The number of imidazole rings is 1. The third-order valence-electron chi connectivity index (χ3n) is 6.90. The number of nitrogens with zero attached hydrogens (tertiary/aromatic N) is 4. The molecule has 0 spiro atoms. The molecule has 1 fully saturated rings. The van der Waals surface area contributed by atoms with Gasteiger partial charge in [-0.05, 0) is 63.6 Å². The summed E-state index contributed by atoms with van der Waals surface area (Å²) in [7, 11) is 0. The maximum Gasteiger partial charge on any atom is 0.410 e. The highest BCUT2D eigenvalue weighted by atomic mass is 16.6. The second kappa shape index (κ2) is 10.5. The Bertz CT molecular complexity index is 1380. The number of pyridine rings is 1. The Morgan fingerprint density at radius 3 is 2.49 bits per heavy atom. The molecule has 0 aliphatic carbocycles. The van der Waals surface area contributed by atoms with Gasteiger partial charge >= 0.3 is 6.09 Å². The van der Waals surface area contributed by atoms with Crippen LogP contribution in [0.5, 0.6) is 0 Å². The molecule has 3 heterocycles. The number of amides is 1. The van der Waals surface area contributed by atoms with Crippen LogP contribution in [0.1, 0.15) is 46.4 Å². The van der Waals surface area contributed by atoms with E-state index in [4.69, 9.17) is 19.4 Å². The maximum absolute atomic E-state index is 12.5. The summed E-state index contributed by atoms with van der Waals surface area (Å²) in [5, 5.41) is 1.10. The summed E-state index contributed by atoms with van der Waals surface area (Å²) in [6.07, 6.45) is 3.51. The highest BCUT2D eigenvalue weighted by Gasteiger charge is 2.28. The van der Waals surface area contributed by atoms with Gasteiger partial charge in [0.05, 0.1) is 17.2 Å². The molecule has 1 saturated heterocycles. The van der Waals surface area contributed by atoms with Crippen molar-refractivity contribution in [3.05, 3.63) is 60.6 Å². The number of piperidine rings is 1. The van der Waals surface area contributed by atoms with E-state index in [1.165, 1.54) is 5.56 Å². The van der Waals surface area contributed by atoms with Gasteiger partial charge in [-0.2, -0.15) is 0 Å². The van der Waals surface area contributed by atoms with Crippen molar-refractivity contribution in [3.8, 4) is 11.1 Å². The molecule has 2 aromatic heterocycles. The lowest BCUT2D eigenvalue weighted by molar-refractivity contribution is 0.0177. The van der Waals surface area contributed by atoms with E-state index in [9.17, 15) is 4.79 Å². The SMILES string of the molecule is CCOCc1nc2cnc3cc(-c4ccccc4)ccc3c2n1CC1CCN(C(=O)OC(C)(C)C)CC1. The van der Waals surface area contributed by atoms with Crippen LogP contribution in [0.25, 0.3) is 33.1 Å². The van der Waals surface area contributed by atoms with Gasteiger partial charge in [0.25, 0.3) is 0 Å². The van der Waals surface area contributed by atoms with Crippen molar-refractivity contribution in [2.45, 2.75) is 59.3 Å². The van der Waals surface area contributed by atoms with Crippen molar-refractivity contribution < 1.29 is 14.3 Å². The summed E-state index contributed by atoms with van der Waals surface area (Å²) >= 11 is 0. The van der Waals surface area contributed by atoms with Crippen LogP contribution in [0.3, 0.4) is 0 Å². The third kappa shape index (κ3) is 5.62. The lowest BCUT2D eigenvalue weighted by Gasteiger charge is -2.33. The lowest BCUT2D eigenvalue weighted by atomic mass is 9.96. The van der Waals surface area contributed by atoms with Crippen LogP contribution in [0, 0.1) is 5.92 Å². The van der Waals surface area contributed by atoms with Gasteiger partial charge in [0.1, 0.15) is 23.5 Å². The number of fused-ring (bicyclic) bond motifs is 3. The summed E-state index contributed by atoms with van der Waals surface area (Å²) in [6, 6.07) is 16.9. The second-order valence-electron chi connectivity index (χ2n) is 10.8. The molecule has 1 aliphatic rings. The van der Waals surface area contributed by atoms with Crippen LogP contribution >= 0.6 is 0 Å². The highest BCUT2D eigenvalue weighted by Crippen LogP contribution is 2.31. The van der Waals surface area contributed by atoms with Crippen LogP contribution in [-0.4, -0.2) is 50.8 Å². The van der Waals surface area contributed by atoms with Gasteiger partial charge in [-0.15, -0.1) is 0 Å². The molecule has 1 aliphatic heterocycles. The quantitative estimate of drug-likeness (QED) is 0.305. The third-order valence-corrected chi connectivity index (χ3v) is 6.90. The van der Waals surface area contributed by atoms with Gasteiger partial charge in [0.2, 0.25) is 0 Å². The molecule has 5 rings (SSSR count). The predicted molar refractivity (Wildman–Crippen MR) is 146 cm³/mol. The van der Waals surface area contributed by atoms with Crippen molar-refractivity contribution in [1.29, 1.82) is 0 Å². The molecule has 1 amide bonds. The molecule has 2 aromatic carbocycles. The molecule has 0 N–H and O–H groups in total. The Morgan fingerprint density at radius 2 is 1.78 bits per heavy atom. The zero-order valence-electron chi connectivity index (χ0n) is 22.2. The van der Waals surface area contributed by atoms with Crippen LogP contribution in [0.2, 0.25) is 0 Å². The number of carbonyl (C=O) groups is 1. The zero-order valence-corrected chi connectivity index (χ0v) is 22.2. The fraction of sp³-hybridized carbons (Fsp3) is 0.433. The normalized spacial score (nSPS) is 15.0. The van der Waals surface area contributed by atoms with E-state index in [-0.39, 0.29) is 6.09 Å². The van der Waals surface area contributed by atoms with Gasteiger partial charge < -0.3 is 18.9 Å². The maximum atomic E-state index is 12.5. The van der Waals surface area contributed by atoms with E-state index in [2.05, 4.69) is 47.0 Å². The second-order valence-corrected chi connectivity index (χ2v) is 10.8. The molecular formula is C30H36N4O3. The molecule has 0 unspecified atom stereocenters. The summed E-state index contributed by atoms with van der Waals surface area (Å²) in [5.41, 5.74) is 4.80. The molecule has 37 heavy (non-hydrogen) atoms. The van der Waals surface area contributed by atoms with Crippen molar-refractivity contribution in [2.24, 2.45) is 5.92 Å². The molecule has 0 saturated carbocycles. The lowest BCUT2D eigenvalue weighted by Crippen LogP contribution is -2.42. The highest BCUT2D eigenvalue weighted by molar-refractivity contribution is 6.03. The number of likely N-dealkylation sites (tertiary alicyclic amines) is 1. The van der Waals surface area contributed by atoms with Gasteiger partial charge in [0.15, 0.2) is 0 Å². The molecule has 4 aromatic rings. The zero-order chi connectivity index (χ0) is 26.0. The summed E-state index contributed by atoms with van der Waals surface area (Å²) in [6.45, 7) is 11.1. The average Bonchev–Trinajstić information content (AvgIpc) is 3.24. The Labute approximate surface area is 218 Å². The monoisotopic (exact) mass is 500 g/mol. The van der Waals surface area contributed by atoms with Crippen molar-refractivity contribution in [1.82, 2.24) is 19.4 Å². The van der Waals surface area contributed by atoms with Gasteiger partial charge in [-0.1, -0.05) is 42.5 Å². The van der Waals surface area contributed by atoms with E-state index < -0.39 is 5.60 Å². The fourth-order valence-corrected chi connectivity index (χ4v) is 5.06. The fourth-order valence-electron chi connectivity index (χ4n) is 5.06. The minimum atomic E-state index is -0.479. The first-order valence-corrected chi connectivity index (χ1v) is 13.2. The standard InChI is InChI=1S/C30H36N4O3/c1-5-36-20-27-32-26-18-31-25-17-23(22-9-7-6-8-10-22)11-12-24(25)28(26)34(27)19-21-13-15-33(16-14-21)29(35)37-30(2,3)4/h6-12,17-18,21H,5,13-16,19-20H2,1-4H3. The minimum Gasteiger partial charge on any atom is -0.444 e. The minimum absolute atomic E-state index is 0.220. The average molecular weight is 501 g/mol. The van der Waals surface area contributed by atoms with Crippen LogP contribution in [0.15, 0.2) is 54.7 Å². The molecule has 7 heteroatoms. The molecule has 194 valence electrons. The van der Waals surface area contributed by atoms with E-state index in [1.54, 1.807) is 0 Å². The van der Waals surface area contributed by atoms with Crippen LogP contribution < -0.4 is 0 Å². The Kier molecular flexibility index (Phi) is 7.15. The van der Waals surface area contributed by atoms with Crippen LogP contribution in [-0.2, 0) is 22.6 Å². The van der Waals surface area contributed by atoms with Crippen molar-refractivity contribution >= 4 is 28.0 Å². The van der Waals surface area contributed by atoms with Gasteiger partial charge in [0, 0.05) is 31.6 Å². The Hall–Kier alpha value is -3.45. The molecule has 0 bridgehead atoms. The molecule has 0 atom stereocenters. The Morgan fingerprint density at radius 1 is 1.03 bits per heavy atom. The number of carbonyl (C=O) groups excluding carboxylic acids is 1. The number of hydrogen-bond acceptors (Lipinski definition) is 5. The predicted octanol–water partition coefficient (Wildman–Crippen LogP) is 6.44. The van der Waals surface area contributed by atoms with Crippen LogP contribution in [0.4, 0.5) is 4.79 Å². The van der Waals surface area contributed by atoms with E-state index in [1.807, 2.05) is 44.9 Å². The van der Waals surface area contributed by atoms with E-state index in [0.717, 1.165) is 52.7 Å². The van der Waals surface area contributed by atoms with Gasteiger partial charge in [-0.25, -0.2) is 9.78 Å². The number of aromatic nitrogens is 3. The first-order chi connectivity index (χ1) is 17.8. The number of benzene rings is 2. The summed E-state index contributed by atoms with van der Waals surface area (Å²) < 4.78 is 13.7. The van der Waals surface area contributed by atoms with Gasteiger partial charge in [-0.3, -0.25) is 4.98 Å². The first kappa shape index (κ1) is 25.2. The largest absolute Gasteiger partial charge is 0.444 e. The molecule has 0 radical (unpaired) electrons. The molecular weight excluding hydrogens is 464 g/mol. The van der Waals surface area contributed by atoms with Crippen molar-refractivity contribution in [3.63, 3.8) is 0 Å². The topological polar surface area (TPSA) is 69.5 Å². The number of hydrogen-bond donors (Lipinski definition) is 0. The Balaban J connectivity index is 1.44. The summed E-state index contributed by atoms with van der Waals surface area (Å²) in [5.74, 6) is 1.36.